The summed E-state index contributed by atoms with van der Waals surface area (Å²) in [5.74, 6) is 0.769. The smallest absolute Gasteiger partial charge is 0.332 e. The molecule has 162 valence electrons. The van der Waals surface area contributed by atoms with Gasteiger partial charge in [-0.3, -0.25) is 0 Å². The Kier molecular flexibility index (Phi) is 5.34. The van der Waals surface area contributed by atoms with Crippen molar-refractivity contribution in [3.8, 4) is 11.1 Å². The summed E-state index contributed by atoms with van der Waals surface area (Å²) < 4.78 is 129. The summed E-state index contributed by atoms with van der Waals surface area (Å²) in [6.07, 6.45) is 0. The summed E-state index contributed by atoms with van der Waals surface area (Å²) in [5, 5.41) is 0. The second kappa shape index (κ2) is 7.04. The third-order valence-corrected chi connectivity index (χ3v) is 12.4. The van der Waals surface area contributed by atoms with Crippen LogP contribution in [-0.2, 0) is 20.0 Å². The molecule has 15 heteroatoms. The van der Waals surface area contributed by atoms with Gasteiger partial charge in [0.05, 0.1) is 0 Å². The van der Waals surface area contributed by atoms with Gasteiger partial charge < -0.3 is 6.58 Å². The van der Waals surface area contributed by atoms with Gasteiger partial charge >= 0.3 is 45.7 Å². The Balaban J connectivity index is 2.47. The van der Waals surface area contributed by atoms with Gasteiger partial charge in [0.15, 0.2) is 0 Å². The van der Waals surface area contributed by atoms with E-state index in [2.05, 4.69) is 0 Å². The van der Waals surface area contributed by atoms with Crippen molar-refractivity contribution in [2.24, 2.45) is 0 Å². The molecule has 3 rings (SSSR count). The molecule has 0 saturated heterocycles. The number of hydrogen-bond acceptors (Lipinski definition) is 4. The largest absolute Gasteiger partial charge is 0.601 e. The van der Waals surface area contributed by atoms with Crippen molar-refractivity contribution in [1.82, 2.24) is 0 Å². The molecule has 0 aromatic heterocycles. The Bertz CT molecular complexity index is 1100. The van der Waals surface area contributed by atoms with Gasteiger partial charge in [0.1, 0.15) is 0 Å². The van der Waals surface area contributed by atoms with Crippen LogP contribution in [0.25, 0.3) is 11.1 Å². The highest BCUT2D eigenvalue weighted by molar-refractivity contribution is 7.97. The highest BCUT2D eigenvalue weighted by Crippen LogP contribution is 2.47. The van der Waals surface area contributed by atoms with Crippen LogP contribution in [0.2, 0.25) is 5.79 Å². The van der Waals surface area contributed by atoms with E-state index in [0.29, 0.717) is 0 Å². The van der Waals surface area contributed by atoms with E-state index in [-0.39, 0.29) is 17.7 Å². The number of nitrogens with zero attached hydrogens (tertiary/aromatic N) is 2. The van der Waals surface area contributed by atoms with Crippen LogP contribution in [-0.4, -0.2) is 42.4 Å². The maximum absolute atomic E-state index is 13.4. The molecule has 30 heavy (non-hydrogen) atoms. The lowest BCUT2D eigenvalue weighted by Crippen LogP contribution is -2.60. The summed E-state index contributed by atoms with van der Waals surface area (Å²) >= 11 is -4.24. The molecular formula is C15H11AlF6N2O4S2. The number of para-hydroxylation sites is 2. The van der Waals surface area contributed by atoms with Gasteiger partial charge in [-0.25, -0.2) is 0 Å². The number of alkyl halides is 6. The van der Waals surface area contributed by atoms with Crippen LogP contribution in [0.5, 0.6) is 0 Å². The van der Waals surface area contributed by atoms with Gasteiger partial charge in [-0.2, -0.15) is 43.2 Å². The van der Waals surface area contributed by atoms with Crippen LogP contribution in [0.15, 0.2) is 48.5 Å². The Labute approximate surface area is 172 Å². The SMILES string of the molecule is [CH3][Al]1[N](S(=O)(=O)C(F)(F)F)c2ccccc2-c2ccccc2[N]1S(=O)(=O)C(F)(F)F. The number of benzene rings is 2. The zero-order chi connectivity index (χ0) is 22.7. The molecule has 0 aliphatic carbocycles. The van der Waals surface area contributed by atoms with E-state index in [1.165, 1.54) is 36.4 Å². The fourth-order valence-electron chi connectivity index (χ4n) is 3.17. The minimum Gasteiger partial charge on any atom is -0.332 e. The number of hydrogen-bond donors (Lipinski definition) is 0. The number of rotatable bonds is 2. The zero-order valence-corrected chi connectivity index (χ0v) is 17.6. The van der Waals surface area contributed by atoms with Crippen LogP contribution in [0, 0.1) is 0 Å². The van der Waals surface area contributed by atoms with Crippen molar-refractivity contribution in [2.45, 2.75) is 16.8 Å². The van der Waals surface area contributed by atoms with E-state index in [0.717, 1.165) is 17.9 Å². The summed E-state index contributed by atoms with van der Waals surface area (Å²) in [7, 11) is -12.4. The molecule has 0 saturated carbocycles. The average Bonchev–Trinajstić information content (AvgIpc) is 2.71. The van der Waals surface area contributed by atoms with E-state index in [4.69, 9.17) is 0 Å². The summed E-state index contributed by atoms with van der Waals surface area (Å²) in [4.78, 5) is 0. The van der Waals surface area contributed by atoms with Crippen LogP contribution < -0.4 is 6.58 Å². The van der Waals surface area contributed by atoms with Crippen molar-refractivity contribution in [3.63, 3.8) is 0 Å². The Hall–Kier alpha value is -1.95. The van der Waals surface area contributed by atoms with Gasteiger partial charge in [-0.05, 0) is 12.1 Å². The van der Waals surface area contributed by atoms with Gasteiger partial charge in [0, 0.05) is 22.5 Å². The lowest BCUT2D eigenvalue weighted by Gasteiger charge is -2.34. The van der Waals surface area contributed by atoms with Crippen LogP contribution in [0.3, 0.4) is 0 Å². The molecule has 0 amide bonds. The Morgan fingerprint density at radius 3 is 1.27 bits per heavy atom. The maximum atomic E-state index is 13.4. The molecule has 0 unspecified atom stereocenters. The fourth-order valence-corrected chi connectivity index (χ4v) is 10.6. The number of halogens is 6. The van der Waals surface area contributed by atoms with Crippen molar-refractivity contribution in [3.05, 3.63) is 48.5 Å². The first-order valence-corrected chi connectivity index (χ1v) is 13.1. The van der Waals surface area contributed by atoms with Gasteiger partial charge in [0.2, 0.25) is 0 Å². The monoisotopic (exact) mass is 488 g/mol. The molecule has 0 atom stereocenters. The van der Waals surface area contributed by atoms with Crippen molar-refractivity contribution >= 4 is 46.0 Å². The highest BCUT2D eigenvalue weighted by Gasteiger charge is 2.61. The first-order valence-electron chi connectivity index (χ1n) is 8.02. The molecule has 0 fully saturated rings. The highest BCUT2D eigenvalue weighted by atomic mass is 32.2. The molecule has 0 N–H and O–H groups in total. The summed E-state index contributed by atoms with van der Waals surface area (Å²) in [5.41, 5.74) is -13.2. The van der Waals surface area contributed by atoms with E-state index in [9.17, 15) is 43.2 Å². The molecule has 2 aromatic rings. The average molecular weight is 488 g/mol. The second-order valence-electron chi connectivity index (χ2n) is 6.16. The van der Waals surface area contributed by atoms with Crippen molar-refractivity contribution in [1.29, 1.82) is 0 Å². The predicted octanol–water partition coefficient (Wildman–Crippen LogP) is 3.80. The second-order valence-corrected chi connectivity index (χ2v) is 12.8. The van der Waals surface area contributed by atoms with Crippen molar-refractivity contribution < 1.29 is 43.2 Å². The molecule has 1 heterocycles. The number of fused-ring (bicyclic) bond motifs is 3. The minimum absolute atomic E-state index is 0.153. The van der Waals surface area contributed by atoms with Gasteiger partial charge in [0.25, 0.3) is 0 Å². The normalized spacial score (nSPS) is 15.5. The molecule has 1 aliphatic rings. The third-order valence-electron chi connectivity index (χ3n) is 4.35. The summed E-state index contributed by atoms with van der Waals surface area (Å²) in [6.45, 7) is 0. The standard InChI is InChI=1S/C14H8F6N2O4S2.CH3.Al/c15-13(16,17)27(23,24)21-11-7-3-1-5-9(11)10-6-2-4-8-12(10)22-28(25,26)14(18,19)20;;/h1-8H;1H3;/q-2;;+2. The molecule has 1 aliphatic heterocycles. The van der Waals surface area contributed by atoms with Gasteiger partial charge in [-0.1, -0.05) is 42.2 Å². The first-order chi connectivity index (χ1) is 13.6. The third kappa shape index (κ3) is 3.33. The summed E-state index contributed by atoms with van der Waals surface area (Å²) in [6, 6.07) is 9.48. The van der Waals surface area contributed by atoms with Crippen LogP contribution in [0.4, 0.5) is 37.7 Å². The lowest BCUT2D eigenvalue weighted by molar-refractivity contribution is -0.0437. The van der Waals surface area contributed by atoms with E-state index >= 15 is 0 Å². The molecule has 6 nitrogen and oxygen atoms in total. The minimum atomic E-state index is -6.22. The molecule has 0 spiro atoms. The van der Waals surface area contributed by atoms with Crippen LogP contribution in [0.1, 0.15) is 0 Å². The fraction of sp³-hybridized carbons (Fsp3) is 0.200. The molecular weight excluding hydrogens is 477 g/mol. The van der Waals surface area contributed by atoms with E-state index < -0.39 is 57.0 Å². The predicted molar refractivity (Wildman–Crippen MR) is 98.4 cm³/mol. The molecule has 2 aromatic carbocycles. The Morgan fingerprint density at radius 2 is 0.967 bits per heavy atom. The first kappa shape index (κ1) is 22.7. The van der Waals surface area contributed by atoms with E-state index in [1.807, 2.05) is 0 Å². The number of anilines is 2. The van der Waals surface area contributed by atoms with Gasteiger partial charge in [-0.15, -0.1) is 0 Å². The van der Waals surface area contributed by atoms with E-state index in [1.54, 1.807) is 0 Å². The lowest BCUT2D eigenvalue weighted by atomic mass is 10.0. The van der Waals surface area contributed by atoms with Crippen molar-refractivity contribution in [2.75, 3.05) is 6.58 Å². The number of sulfonamides is 2. The molecule has 0 bridgehead atoms. The topological polar surface area (TPSA) is 74.8 Å². The quantitative estimate of drug-likeness (QED) is 0.476. The molecule has 0 radical (unpaired) electrons. The zero-order valence-electron chi connectivity index (χ0n) is 14.8. The maximum Gasteiger partial charge on any atom is 0.601 e. The van der Waals surface area contributed by atoms with Crippen LogP contribution >= 0.6 is 0 Å². The Morgan fingerprint density at radius 1 is 0.667 bits per heavy atom.